The van der Waals surface area contributed by atoms with Gasteiger partial charge in [-0.05, 0) is 64.9 Å². The minimum absolute atomic E-state index is 0.176. The number of ether oxygens (including phenoxy) is 1. The Balaban J connectivity index is 1.56. The van der Waals surface area contributed by atoms with Gasteiger partial charge in [-0.15, -0.1) is 0 Å². The van der Waals surface area contributed by atoms with E-state index in [-0.39, 0.29) is 13.0 Å². The van der Waals surface area contributed by atoms with Crippen LogP contribution in [0.1, 0.15) is 40.8 Å². The SMILES string of the molecule is Cc1cc2ccc1CCOC(=O)Nc1cccc(c1)[C@@H](CC(=O)O)NC(=O)C2Nc1ccc2c(N)cccc2c1. The van der Waals surface area contributed by atoms with Gasteiger partial charge >= 0.3 is 12.1 Å². The maximum Gasteiger partial charge on any atom is 0.411 e. The molecule has 2 heterocycles. The summed E-state index contributed by atoms with van der Waals surface area (Å²) in [5.41, 5.74) is 11.1. The Morgan fingerprint density at radius 3 is 2.65 bits per heavy atom. The van der Waals surface area contributed by atoms with Crippen LogP contribution in [0, 0.1) is 6.92 Å². The van der Waals surface area contributed by atoms with Crippen LogP contribution in [0.4, 0.5) is 21.9 Å². The number of rotatable bonds is 4. The Labute approximate surface area is 231 Å². The fraction of sp³-hybridized carbons (Fsp3) is 0.194. The van der Waals surface area contributed by atoms with E-state index in [0.29, 0.717) is 34.6 Å². The van der Waals surface area contributed by atoms with Crippen molar-refractivity contribution < 1.29 is 24.2 Å². The maximum atomic E-state index is 13.9. The molecular formula is C31H30N4O5. The molecule has 4 aromatic carbocycles. The highest BCUT2D eigenvalue weighted by Crippen LogP contribution is 2.29. The van der Waals surface area contributed by atoms with Crippen LogP contribution in [0.3, 0.4) is 0 Å². The molecule has 4 aromatic rings. The van der Waals surface area contributed by atoms with Crippen molar-refractivity contribution in [3.05, 3.63) is 101 Å². The number of carbonyl (C=O) groups is 3. The van der Waals surface area contributed by atoms with Crippen LogP contribution in [-0.4, -0.2) is 29.7 Å². The summed E-state index contributed by atoms with van der Waals surface area (Å²) in [5.74, 6) is -1.47. The zero-order valence-corrected chi connectivity index (χ0v) is 21.9. The summed E-state index contributed by atoms with van der Waals surface area (Å²) in [7, 11) is 0. The first-order chi connectivity index (χ1) is 19.3. The van der Waals surface area contributed by atoms with Crippen LogP contribution in [0.5, 0.6) is 0 Å². The molecule has 0 saturated carbocycles. The van der Waals surface area contributed by atoms with E-state index in [1.54, 1.807) is 24.3 Å². The number of carbonyl (C=O) groups excluding carboxylic acids is 2. The maximum absolute atomic E-state index is 13.9. The van der Waals surface area contributed by atoms with E-state index in [4.69, 9.17) is 10.5 Å². The van der Waals surface area contributed by atoms with Gasteiger partial charge in [0.15, 0.2) is 0 Å². The number of fused-ring (bicyclic) bond motifs is 10. The molecule has 0 aromatic heterocycles. The van der Waals surface area contributed by atoms with Gasteiger partial charge in [0.05, 0.1) is 19.1 Å². The molecule has 0 radical (unpaired) electrons. The number of nitrogens with one attached hydrogen (secondary N) is 3. The number of carboxylic acid groups (broad SMARTS) is 1. The summed E-state index contributed by atoms with van der Waals surface area (Å²) >= 11 is 0. The largest absolute Gasteiger partial charge is 0.481 e. The monoisotopic (exact) mass is 538 g/mol. The lowest BCUT2D eigenvalue weighted by atomic mass is 9.96. The summed E-state index contributed by atoms with van der Waals surface area (Å²) in [4.78, 5) is 38.0. The molecule has 0 spiro atoms. The third kappa shape index (κ3) is 5.99. The number of hydrogen-bond acceptors (Lipinski definition) is 6. The molecule has 40 heavy (non-hydrogen) atoms. The fourth-order valence-electron chi connectivity index (χ4n) is 4.97. The van der Waals surface area contributed by atoms with Gasteiger partial charge < -0.3 is 26.2 Å². The highest BCUT2D eigenvalue weighted by Gasteiger charge is 2.26. The van der Waals surface area contributed by atoms with Crippen LogP contribution < -0.4 is 21.7 Å². The second kappa shape index (κ2) is 11.4. The van der Waals surface area contributed by atoms with Gasteiger partial charge in [0.25, 0.3) is 0 Å². The third-order valence-corrected chi connectivity index (χ3v) is 7.02. The van der Waals surface area contributed by atoms with Crippen LogP contribution in [0.15, 0.2) is 78.9 Å². The minimum Gasteiger partial charge on any atom is -0.481 e. The molecule has 9 heteroatoms. The van der Waals surface area contributed by atoms with Crippen LogP contribution in [-0.2, 0) is 20.7 Å². The summed E-state index contributed by atoms with van der Waals surface area (Å²) in [6.07, 6.45) is -0.449. The van der Waals surface area contributed by atoms with E-state index < -0.39 is 30.1 Å². The summed E-state index contributed by atoms with van der Waals surface area (Å²) in [5, 5.41) is 20.4. The van der Waals surface area contributed by atoms with Crippen LogP contribution in [0.25, 0.3) is 10.8 Å². The Kier molecular flexibility index (Phi) is 7.54. The molecule has 4 bridgehead atoms. The molecule has 2 atom stereocenters. The van der Waals surface area contributed by atoms with E-state index in [1.165, 1.54) is 0 Å². The molecule has 9 nitrogen and oxygen atoms in total. The van der Waals surface area contributed by atoms with Crippen molar-refractivity contribution in [3.8, 4) is 0 Å². The number of hydrogen-bond donors (Lipinski definition) is 5. The van der Waals surface area contributed by atoms with Gasteiger partial charge in [-0.25, -0.2) is 4.79 Å². The number of anilines is 3. The highest BCUT2D eigenvalue weighted by molar-refractivity contribution is 5.95. The molecule has 2 aliphatic rings. The van der Waals surface area contributed by atoms with E-state index in [0.717, 1.165) is 21.9 Å². The number of aliphatic carboxylic acids is 1. The van der Waals surface area contributed by atoms with Crippen molar-refractivity contribution in [2.24, 2.45) is 0 Å². The van der Waals surface area contributed by atoms with Crippen molar-refractivity contribution >= 4 is 45.8 Å². The lowest BCUT2D eigenvalue weighted by Gasteiger charge is -2.25. The van der Waals surface area contributed by atoms with E-state index in [9.17, 15) is 19.5 Å². The van der Waals surface area contributed by atoms with Crippen molar-refractivity contribution in [3.63, 3.8) is 0 Å². The number of amides is 2. The molecule has 204 valence electrons. The topological polar surface area (TPSA) is 143 Å². The minimum atomic E-state index is -1.07. The van der Waals surface area contributed by atoms with Crippen molar-refractivity contribution in [1.29, 1.82) is 0 Å². The summed E-state index contributed by atoms with van der Waals surface area (Å²) in [6.45, 7) is 2.11. The lowest BCUT2D eigenvalue weighted by Crippen LogP contribution is -2.37. The Morgan fingerprint density at radius 1 is 1.02 bits per heavy atom. The molecule has 2 amide bonds. The first kappa shape index (κ1) is 26.6. The Bertz CT molecular complexity index is 1600. The second-order valence-corrected chi connectivity index (χ2v) is 9.84. The van der Waals surface area contributed by atoms with Gasteiger partial charge in [0, 0.05) is 28.9 Å². The van der Waals surface area contributed by atoms with Crippen molar-refractivity contribution in [2.45, 2.75) is 31.8 Å². The number of nitrogen functional groups attached to an aromatic ring is 1. The first-order valence-electron chi connectivity index (χ1n) is 13.0. The van der Waals surface area contributed by atoms with Crippen molar-refractivity contribution in [2.75, 3.05) is 23.0 Å². The van der Waals surface area contributed by atoms with Gasteiger partial charge in [0.2, 0.25) is 5.91 Å². The molecule has 0 saturated heterocycles. The van der Waals surface area contributed by atoms with Gasteiger partial charge in [-0.3, -0.25) is 14.9 Å². The number of benzene rings is 4. The predicted molar refractivity (Wildman–Crippen MR) is 154 cm³/mol. The summed E-state index contributed by atoms with van der Waals surface area (Å²) in [6, 6.07) is 22.1. The van der Waals surface area contributed by atoms with E-state index in [1.807, 2.05) is 61.5 Å². The quantitative estimate of drug-likeness (QED) is 0.221. The molecule has 6 N–H and O–H groups in total. The van der Waals surface area contributed by atoms with Crippen LogP contribution >= 0.6 is 0 Å². The first-order valence-corrected chi connectivity index (χ1v) is 13.0. The van der Waals surface area contributed by atoms with Gasteiger partial charge in [-0.2, -0.15) is 0 Å². The molecular weight excluding hydrogens is 508 g/mol. The molecule has 1 unspecified atom stereocenters. The molecule has 0 fully saturated rings. The smallest absolute Gasteiger partial charge is 0.411 e. The molecule has 6 rings (SSSR count). The fourth-order valence-corrected chi connectivity index (χ4v) is 4.97. The number of carboxylic acids is 1. The zero-order valence-electron chi connectivity index (χ0n) is 21.9. The van der Waals surface area contributed by atoms with Crippen LogP contribution in [0.2, 0.25) is 0 Å². The molecule has 0 aliphatic carbocycles. The standard InChI is InChI=1S/C31H30N4O5/c1-18-14-22-9-8-19(18)12-13-40-31(39)34-23-6-2-5-21(16-23)27(17-28(36)37)35-30(38)29(22)33-24-10-11-25-20(15-24)4-3-7-26(25)32/h2-11,14-16,27,29,33H,12-13,17,32H2,1H3,(H,34,39)(H,35,38)(H,36,37)/t27-,29?/m1/s1. The van der Waals surface area contributed by atoms with Gasteiger partial charge in [-0.1, -0.05) is 48.5 Å². The summed E-state index contributed by atoms with van der Waals surface area (Å²) < 4.78 is 5.37. The average molecular weight is 539 g/mol. The number of aryl methyl sites for hydroxylation is 1. The lowest BCUT2D eigenvalue weighted by molar-refractivity contribution is -0.137. The predicted octanol–water partition coefficient (Wildman–Crippen LogP) is 5.32. The van der Waals surface area contributed by atoms with Crippen molar-refractivity contribution in [1.82, 2.24) is 5.32 Å². The highest BCUT2D eigenvalue weighted by atomic mass is 16.5. The van der Waals surface area contributed by atoms with E-state index in [2.05, 4.69) is 16.0 Å². The Hall–Kier alpha value is -5.05. The number of nitrogens with two attached hydrogens (primary N) is 1. The van der Waals surface area contributed by atoms with Gasteiger partial charge in [0.1, 0.15) is 6.04 Å². The van der Waals surface area contributed by atoms with E-state index >= 15 is 0 Å². The average Bonchev–Trinajstić information content (AvgIpc) is 2.92. The normalized spacial score (nSPS) is 17.5. The zero-order chi connectivity index (χ0) is 28.2. The third-order valence-electron chi connectivity index (χ3n) is 7.02. The molecule has 2 aliphatic heterocycles. The second-order valence-electron chi connectivity index (χ2n) is 9.84. The Morgan fingerprint density at radius 2 is 1.85 bits per heavy atom.